The number of aromatic nitrogens is 1. The van der Waals surface area contributed by atoms with E-state index in [0.717, 1.165) is 19.6 Å². The normalized spacial score (nSPS) is 21.1. The van der Waals surface area contributed by atoms with Crippen molar-refractivity contribution in [3.05, 3.63) is 24.5 Å². The third-order valence-corrected chi connectivity index (χ3v) is 3.12. The van der Waals surface area contributed by atoms with E-state index in [1.807, 2.05) is 18.5 Å². The van der Waals surface area contributed by atoms with E-state index in [-0.39, 0.29) is 0 Å². The van der Waals surface area contributed by atoms with Crippen LogP contribution in [0.15, 0.2) is 24.5 Å². The molecule has 2 rings (SSSR count). The topological polar surface area (TPSA) is 28.2 Å². The summed E-state index contributed by atoms with van der Waals surface area (Å²) in [4.78, 5) is 6.62. The molecule has 0 aliphatic carbocycles. The Morgan fingerprint density at radius 3 is 3.25 bits per heavy atom. The summed E-state index contributed by atoms with van der Waals surface area (Å²) in [6.45, 7) is 5.63. The minimum Gasteiger partial charge on any atom is -0.369 e. The summed E-state index contributed by atoms with van der Waals surface area (Å²) in [5.74, 6) is 0. The lowest BCUT2D eigenvalue weighted by molar-refractivity contribution is 0.423. The number of rotatable bonds is 4. The third kappa shape index (κ3) is 2.95. The van der Waals surface area contributed by atoms with E-state index >= 15 is 0 Å². The summed E-state index contributed by atoms with van der Waals surface area (Å²) >= 11 is 0. The van der Waals surface area contributed by atoms with Gasteiger partial charge in [-0.3, -0.25) is 4.98 Å². The summed E-state index contributed by atoms with van der Waals surface area (Å²) in [6, 6.07) is 4.81. The van der Waals surface area contributed by atoms with Gasteiger partial charge in [-0.2, -0.15) is 0 Å². The molecule has 1 aromatic rings. The summed E-state index contributed by atoms with van der Waals surface area (Å²) in [5, 5.41) is 3.61. The fourth-order valence-electron chi connectivity index (χ4n) is 2.27. The van der Waals surface area contributed by atoms with Crippen LogP contribution in [-0.4, -0.2) is 30.7 Å². The highest BCUT2D eigenvalue weighted by Crippen LogP contribution is 2.18. The molecule has 3 nitrogen and oxygen atoms in total. The lowest BCUT2D eigenvalue weighted by atomic mass is 10.1. The highest BCUT2D eigenvalue weighted by Gasteiger charge is 2.19. The van der Waals surface area contributed by atoms with E-state index in [0.29, 0.717) is 6.04 Å². The second-order valence-corrected chi connectivity index (χ2v) is 4.45. The maximum Gasteiger partial charge on any atom is 0.0553 e. The molecule has 1 aliphatic rings. The Hall–Kier alpha value is -1.09. The number of anilines is 1. The zero-order valence-electron chi connectivity index (χ0n) is 10.0. The van der Waals surface area contributed by atoms with Crippen LogP contribution in [0.3, 0.4) is 0 Å². The van der Waals surface area contributed by atoms with Crippen molar-refractivity contribution in [1.29, 1.82) is 0 Å². The molecule has 1 atom stereocenters. The van der Waals surface area contributed by atoms with E-state index in [2.05, 4.69) is 28.2 Å². The van der Waals surface area contributed by atoms with Crippen LogP contribution < -0.4 is 10.2 Å². The number of piperidine rings is 1. The SMILES string of the molecule is CCCNC1CCCN(c2cccnc2)C1. The van der Waals surface area contributed by atoms with E-state index < -0.39 is 0 Å². The first-order valence-electron chi connectivity index (χ1n) is 6.28. The van der Waals surface area contributed by atoms with Crippen molar-refractivity contribution >= 4 is 5.69 Å². The van der Waals surface area contributed by atoms with Gasteiger partial charge in [0.05, 0.1) is 11.9 Å². The third-order valence-electron chi connectivity index (χ3n) is 3.12. The molecule has 2 heterocycles. The Bertz CT molecular complexity index is 299. The number of hydrogen-bond acceptors (Lipinski definition) is 3. The van der Waals surface area contributed by atoms with Crippen LogP contribution in [0.1, 0.15) is 26.2 Å². The first kappa shape index (κ1) is 11.4. The largest absolute Gasteiger partial charge is 0.369 e. The Balaban J connectivity index is 1.91. The van der Waals surface area contributed by atoms with E-state index in [4.69, 9.17) is 0 Å². The van der Waals surface area contributed by atoms with Gasteiger partial charge >= 0.3 is 0 Å². The van der Waals surface area contributed by atoms with Crippen LogP contribution in [0.5, 0.6) is 0 Å². The average molecular weight is 219 g/mol. The first-order chi connectivity index (χ1) is 7.90. The number of nitrogens with zero attached hydrogens (tertiary/aromatic N) is 2. The molecule has 0 spiro atoms. The Kier molecular flexibility index (Phi) is 4.17. The average Bonchev–Trinajstić information content (AvgIpc) is 2.38. The van der Waals surface area contributed by atoms with E-state index in [1.165, 1.54) is 24.9 Å². The van der Waals surface area contributed by atoms with Gasteiger partial charge in [-0.1, -0.05) is 6.92 Å². The van der Waals surface area contributed by atoms with Crippen molar-refractivity contribution in [3.8, 4) is 0 Å². The van der Waals surface area contributed by atoms with Crippen molar-refractivity contribution in [1.82, 2.24) is 10.3 Å². The van der Waals surface area contributed by atoms with E-state index in [9.17, 15) is 0 Å². The molecule has 3 heteroatoms. The molecule has 0 radical (unpaired) electrons. The predicted octanol–water partition coefficient (Wildman–Crippen LogP) is 2.05. The summed E-state index contributed by atoms with van der Waals surface area (Å²) in [7, 11) is 0. The first-order valence-corrected chi connectivity index (χ1v) is 6.28. The quantitative estimate of drug-likeness (QED) is 0.840. The Morgan fingerprint density at radius 1 is 1.56 bits per heavy atom. The van der Waals surface area contributed by atoms with Gasteiger partial charge in [0.25, 0.3) is 0 Å². The van der Waals surface area contributed by atoms with Gasteiger partial charge in [-0.25, -0.2) is 0 Å². The summed E-state index contributed by atoms with van der Waals surface area (Å²) < 4.78 is 0. The zero-order chi connectivity index (χ0) is 11.2. The fraction of sp³-hybridized carbons (Fsp3) is 0.615. The van der Waals surface area contributed by atoms with Crippen molar-refractivity contribution in [2.45, 2.75) is 32.2 Å². The molecule has 1 saturated heterocycles. The van der Waals surface area contributed by atoms with Gasteiger partial charge in [0.15, 0.2) is 0 Å². The lowest BCUT2D eigenvalue weighted by Gasteiger charge is -2.34. The standard InChI is InChI=1S/C13H21N3/c1-2-7-15-12-5-4-9-16(11-12)13-6-3-8-14-10-13/h3,6,8,10,12,15H,2,4-5,7,9,11H2,1H3. The summed E-state index contributed by atoms with van der Waals surface area (Å²) in [5.41, 5.74) is 1.26. The lowest BCUT2D eigenvalue weighted by Crippen LogP contribution is -2.46. The van der Waals surface area contributed by atoms with Crippen molar-refractivity contribution in [2.75, 3.05) is 24.5 Å². The molecule has 1 aliphatic heterocycles. The smallest absolute Gasteiger partial charge is 0.0553 e. The van der Waals surface area contributed by atoms with Crippen molar-refractivity contribution < 1.29 is 0 Å². The molecule has 1 unspecified atom stereocenters. The van der Waals surface area contributed by atoms with Crippen LogP contribution in [0, 0.1) is 0 Å². The summed E-state index contributed by atoms with van der Waals surface area (Å²) in [6.07, 6.45) is 7.58. The Labute approximate surface area is 97.9 Å². The second-order valence-electron chi connectivity index (χ2n) is 4.45. The number of pyridine rings is 1. The molecule has 1 aromatic heterocycles. The van der Waals surface area contributed by atoms with E-state index in [1.54, 1.807) is 0 Å². The van der Waals surface area contributed by atoms with Crippen LogP contribution in [0.2, 0.25) is 0 Å². The van der Waals surface area contributed by atoms with Crippen LogP contribution in [0.4, 0.5) is 5.69 Å². The second kappa shape index (κ2) is 5.85. The van der Waals surface area contributed by atoms with Gasteiger partial charge in [0.1, 0.15) is 0 Å². The Morgan fingerprint density at radius 2 is 2.50 bits per heavy atom. The minimum absolute atomic E-state index is 0.647. The molecule has 0 saturated carbocycles. The maximum absolute atomic E-state index is 4.18. The van der Waals surface area contributed by atoms with Gasteiger partial charge in [0.2, 0.25) is 0 Å². The molecule has 88 valence electrons. The van der Waals surface area contributed by atoms with Gasteiger partial charge < -0.3 is 10.2 Å². The molecular formula is C13H21N3. The van der Waals surface area contributed by atoms with Gasteiger partial charge in [0, 0.05) is 25.3 Å². The number of hydrogen-bond donors (Lipinski definition) is 1. The van der Waals surface area contributed by atoms with Crippen molar-refractivity contribution in [2.24, 2.45) is 0 Å². The maximum atomic E-state index is 4.18. The fourth-order valence-corrected chi connectivity index (χ4v) is 2.27. The number of nitrogens with one attached hydrogen (secondary N) is 1. The molecule has 1 N–H and O–H groups in total. The molecule has 0 bridgehead atoms. The van der Waals surface area contributed by atoms with Gasteiger partial charge in [-0.05, 0) is 37.9 Å². The molecular weight excluding hydrogens is 198 g/mol. The molecule has 0 aromatic carbocycles. The molecule has 1 fully saturated rings. The van der Waals surface area contributed by atoms with Crippen molar-refractivity contribution in [3.63, 3.8) is 0 Å². The van der Waals surface area contributed by atoms with Crippen LogP contribution in [-0.2, 0) is 0 Å². The minimum atomic E-state index is 0.647. The molecule has 16 heavy (non-hydrogen) atoms. The monoisotopic (exact) mass is 219 g/mol. The highest BCUT2D eigenvalue weighted by molar-refractivity contribution is 5.44. The molecule has 0 amide bonds. The zero-order valence-corrected chi connectivity index (χ0v) is 10.0. The highest BCUT2D eigenvalue weighted by atomic mass is 15.2. The van der Waals surface area contributed by atoms with Crippen LogP contribution >= 0.6 is 0 Å². The predicted molar refractivity (Wildman–Crippen MR) is 67.8 cm³/mol. The van der Waals surface area contributed by atoms with Gasteiger partial charge in [-0.15, -0.1) is 0 Å². The van der Waals surface area contributed by atoms with Crippen LogP contribution in [0.25, 0.3) is 0 Å².